The van der Waals surface area contributed by atoms with Gasteiger partial charge < -0.3 is 0 Å². The third-order valence-corrected chi connectivity index (χ3v) is 2.18. The molecule has 0 saturated heterocycles. The van der Waals surface area contributed by atoms with Gasteiger partial charge in [-0.05, 0) is 29.5 Å². The number of nitrogens with one attached hydrogen (secondary N) is 1. The molecule has 2 rings (SSSR count). The zero-order chi connectivity index (χ0) is 11.2. The van der Waals surface area contributed by atoms with Crippen LogP contribution in [0.4, 0.5) is 0 Å². The molecule has 0 aliphatic heterocycles. The van der Waals surface area contributed by atoms with Crippen LogP contribution < -0.4 is 0 Å². The van der Waals surface area contributed by atoms with Gasteiger partial charge in [0.15, 0.2) is 0 Å². The molecular formula is C11H10N4S. The van der Waals surface area contributed by atoms with E-state index in [1.54, 1.807) is 0 Å². The largest absolute Gasteiger partial charge is 0.204 e. The van der Waals surface area contributed by atoms with Crippen LogP contribution in [0.25, 0.3) is 11.4 Å². The number of tetrazole rings is 1. The van der Waals surface area contributed by atoms with Crippen molar-refractivity contribution in [2.24, 2.45) is 0 Å². The summed E-state index contributed by atoms with van der Waals surface area (Å²) in [4.78, 5) is 0. The highest BCUT2D eigenvalue weighted by Gasteiger charge is 2.00. The summed E-state index contributed by atoms with van der Waals surface area (Å²) in [5.41, 5.74) is 1.91. The summed E-state index contributed by atoms with van der Waals surface area (Å²) in [5, 5.41) is 13.7. The number of aromatic amines is 1. The van der Waals surface area contributed by atoms with Crippen LogP contribution >= 0.6 is 12.6 Å². The lowest BCUT2D eigenvalue weighted by atomic mass is 10.1. The summed E-state index contributed by atoms with van der Waals surface area (Å²) in [6.45, 7) is 0. The van der Waals surface area contributed by atoms with E-state index in [4.69, 9.17) is 0 Å². The summed E-state index contributed by atoms with van der Waals surface area (Å²) in [5.74, 6) is 7.46. The lowest BCUT2D eigenvalue weighted by Gasteiger charge is -1.94. The summed E-state index contributed by atoms with van der Waals surface area (Å²) >= 11 is 4.09. The Kier molecular flexibility index (Phi) is 3.57. The van der Waals surface area contributed by atoms with Gasteiger partial charge in [0.2, 0.25) is 5.82 Å². The summed E-state index contributed by atoms with van der Waals surface area (Å²) in [6, 6.07) is 7.74. The topological polar surface area (TPSA) is 54.5 Å². The van der Waals surface area contributed by atoms with Crippen molar-refractivity contribution in [1.82, 2.24) is 20.6 Å². The molecule has 80 valence electrons. The number of thiol groups is 1. The molecule has 1 aromatic carbocycles. The van der Waals surface area contributed by atoms with E-state index < -0.39 is 0 Å². The third-order valence-electron chi connectivity index (χ3n) is 1.96. The first-order chi connectivity index (χ1) is 7.90. The highest BCUT2D eigenvalue weighted by molar-refractivity contribution is 7.80. The summed E-state index contributed by atoms with van der Waals surface area (Å²) in [7, 11) is 0. The van der Waals surface area contributed by atoms with E-state index in [1.165, 1.54) is 0 Å². The molecule has 0 spiro atoms. The molecule has 0 aliphatic carbocycles. The van der Waals surface area contributed by atoms with Gasteiger partial charge in [-0.2, -0.15) is 17.8 Å². The molecule has 4 nitrogen and oxygen atoms in total. The van der Waals surface area contributed by atoms with E-state index >= 15 is 0 Å². The smallest absolute Gasteiger partial charge is 0.178 e. The first kappa shape index (κ1) is 10.7. The highest BCUT2D eigenvalue weighted by atomic mass is 32.1. The van der Waals surface area contributed by atoms with Crippen molar-refractivity contribution in [1.29, 1.82) is 0 Å². The van der Waals surface area contributed by atoms with Crippen LogP contribution in [0.5, 0.6) is 0 Å². The Morgan fingerprint density at radius 1 is 1.25 bits per heavy atom. The molecule has 1 N–H and O–H groups in total. The van der Waals surface area contributed by atoms with Crippen molar-refractivity contribution < 1.29 is 0 Å². The SMILES string of the molecule is SCCC#Cc1ccc(-c2nn[nH]n2)cc1. The normalized spacial score (nSPS) is 9.56. The maximum atomic E-state index is 4.09. The number of nitrogens with zero attached hydrogens (tertiary/aromatic N) is 3. The molecule has 1 heterocycles. The molecule has 0 saturated carbocycles. The fourth-order valence-electron chi connectivity index (χ4n) is 1.21. The van der Waals surface area contributed by atoms with E-state index in [1.807, 2.05) is 24.3 Å². The van der Waals surface area contributed by atoms with Gasteiger partial charge >= 0.3 is 0 Å². The molecule has 2 aromatic rings. The van der Waals surface area contributed by atoms with Crippen molar-refractivity contribution in [3.8, 4) is 23.2 Å². The summed E-state index contributed by atoms with van der Waals surface area (Å²) in [6.07, 6.45) is 0.801. The summed E-state index contributed by atoms with van der Waals surface area (Å²) < 4.78 is 0. The predicted molar refractivity (Wildman–Crippen MR) is 65.0 cm³/mol. The van der Waals surface area contributed by atoms with Crippen molar-refractivity contribution in [2.75, 3.05) is 5.75 Å². The Morgan fingerprint density at radius 2 is 2.06 bits per heavy atom. The maximum Gasteiger partial charge on any atom is 0.204 e. The zero-order valence-electron chi connectivity index (χ0n) is 8.51. The molecule has 5 heteroatoms. The molecule has 0 amide bonds. The number of H-pyrrole nitrogens is 1. The Morgan fingerprint density at radius 3 is 2.69 bits per heavy atom. The zero-order valence-corrected chi connectivity index (χ0v) is 9.41. The number of rotatable bonds is 2. The van der Waals surface area contributed by atoms with E-state index in [0.717, 1.165) is 23.3 Å². The number of hydrogen-bond donors (Lipinski definition) is 2. The van der Waals surface area contributed by atoms with Gasteiger partial charge in [0.1, 0.15) is 0 Å². The van der Waals surface area contributed by atoms with Gasteiger partial charge in [-0.1, -0.05) is 11.8 Å². The van der Waals surface area contributed by atoms with Crippen molar-refractivity contribution in [3.05, 3.63) is 29.8 Å². The molecule has 16 heavy (non-hydrogen) atoms. The van der Waals surface area contributed by atoms with Gasteiger partial charge in [-0.15, -0.1) is 10.2 Å². The lowest BCUT2D eigenvalue weighted by molar-refractivity contribution is 0.881. The number of aromatic nitrogens is 4. The predicted octanol–water partition coefficient (Wildman–Crippen LogP) is 1.54. The monoisotopic (exact) mass is 230 g/mol. The minimum Gasteiger partial charge on any atom is -0.178 e. The Labute approximate surface area is 98.9 Å². The standard InChI is InChI=1S/C11H10N4S/c16-8-2-1-3-9-4-6-10(7-5-9)11-12-14-15-13-11/h4-7,16H,2,8H2,(H,12,13,14,15). The average molecular weight is 230 g/mol. The van der Waals surface area contributed by atoms with Gasteiger partial charge in [-0.3, -0.25) is 0 Å². The molecule has 0 unspecified atom stereocenters. The first-order valence-electron chi connectivity index (χ1n) is 4.84. The molecule has 0 bridgehead atoms. The van der Waals surface area contributed by atoms with Crippen molar-refractivity contribution >= 4 is 12.6 Å². The van der Waals surface area contributed by atoms with Crippen LogP contribution in [0.2, 0.25) is 0 Å². The second kappa shape index (κ2) is 5.33. The third kappa shape index (κ3) is 2.61. The van der Waals surface area contributed by atoms with E-state index in [9.17, 15) is 0 Å². The van der Waals surface area contributed by atoms with Gasteiger partial charge in [0.25, 0.3) is 0 Å². The van der Waals surface area contributed by atoms with Gasteiger partial charge in [0.05, 0.1) is 0 Å². The van der Waals surface area contributed by atoms with Crippen LogP contribution in [0.3, 0.4) is 0 Å². The first-order valence-corrected chi connectivity index (χ1v) is 5.47. The van der Waals surface area contributed by atoms with Crippen LogP contribution in [0.15, 0.2) is 24.3 Å². The van der Waals surface area contributed by atoms with E-state index in [0.29, 0.717) is 5.82 Å². The van der Waals surface area contributed by atoms with E-state index in [-0.39, 0.29) is 0 Å². The van der Waals surface area contributed by atoms with Gasteiger partial charge in [-0.25, -0.2) is 0 Å². The lowest BCUT2D eigenvalue weighted by Crippen LogP contribution is -1.81. The molecular weight excluding hydrogens is 220 g/mol. The average Bonchev–Trinajstić information content (AvgIpc) is 2.84. The Balaban J connectivity index is 2.15. The molecule has 1 aromatic heterocycles. The van der Waals surface area contributed by atoms with Crippen LogP contribution in [-0.4, -0.2) is 26.4 Å². The fourth-order valence-corrected chi connectivity index (χ4v) is 1.32. The maximum absolute atomic E-state index is 4.09. The fraction of sp³-hybridized carbons (Fsp3) is 0.182. The molecule has 0 aliphatic rings. The Hall–Kier alpha value is -1.80. The van der Waals surface area contributed by atoms with Crippen molar-refractivity contribution in [3.63, 3.8) is 0 Å². The molecule has 0 radical (unpaired) electrons. The van der Waals surface area contributed by atoms with Crippen LogP contribution in [0.1, 0.15) is 12.0 Å². The van der Waals surface area contributed by atoms with Gasteiger partial charge in [0, 0.05) is 23.3 Å². The van der Waals surface area contributed by atoms with Crippen LogP contribution in [0, 0.1) is 11.8 Å². The molecule has 0 atom stereocenters. The number of hydrogen-bond acceptors (Lipinski definition) is 4. The molecule has 0 fully saturated rings. The Bertz CT molecular complexity index is 493. The quantitative estimate of drug-likeness (QED) is 0.608. The second-order valence-corrected chi connectivity index (χ2v) is 3.54. The highest BCUT2D eigenvalue weighted by Crippen LogP contribution is 2.13. The van der Waals surface area contributed by atoms with Crippen molar-refractivity contribution in [2.45, 2.75) is 6.42 Å². The van der Waals surface area contributed by atoms with E-state index in [2.05, 4.69) is 45.1 Å². The number of benzene rings is 1. The second-order valence-electron chi connectivity index (χ2n) is 3.09. The minimum atomic E-state index is 0.592. The minimum absolute atomic E-state index is 0.592. The van der Waals surface area contributed by atoms with Crippen LogP contribution in [-0.2, 0) is 0 Å².